The molecule has 1 rings (SSSR count). The second-order valence-corrected chi connectivity index (χ2v) is 9.28. The molecule has 0 spiro atoms. The van der Waals surface area contributed by atoms with Crippen LogP contribution in [0.2, 0.25) is 0 Å². The first-order valence-electron chi connectivity index (χ1n) is 14.2. The highest BCUT2D eigenvalue weighted by Gasteiger charge is 2.28. The molecule has 0 heterocycles. The molecule has 0 aliphatic carbocycles. The lowest BCUT2D eigenvalue weighted by Crippen LogP contribution is -2.39. The zero-order valence-electron chi connectivity index (χ0n) is 25.1. The summed E-state index contributed by atoms with van der Waals surface area (Å²) in [6, 6.07) is 2.22. The van der Waals surface area contributed by atoms with Crippen molar-refractivity contribution in [1.29, 1.82) is 0 Å². The molecule has 0 bridgehead atoms. The van der Waals surface area contributed by atoms with E-state index in [4.69, 9.17) is 19.9 Å². The van der Waals surface area contributed by atoms with Gasteiger partial charge >= 0.3 is 23.9 Å². The largest absolute Gasteiger partial charge is 0.423 e. The van der Waals surface area contributed by atoms with E-state index in [1.807, 2.05) is 12.2 Å². The summed E-state index contributed by atoms with van der Waals surface area (Å²) in [5, 5.41) is 10.5. The fraction of sp³-hybridized carbons (Fsp3) is 0.353. The fourth-order valence-corrected chi connectivity index (χ4v) is 3.44. The molecule has 1 aromatic rings. The Bertz CT molecular complexity index is 1220. The van der Waals surface area contributed by atoms with Crippen LogP contribution in [0.5, 0.6) is 11.5 Å². The van der Waals surface area contributed by atoms with Gasteiger partial charge in [-0.3, -0.25) is 14.4 Å². The molecule has 2 unspecified atom stereocenters. The lowest BCUT2D eigenvalue weighted by atomic mass is 10.0. The van der Waals surface area contributed by atoms with E-state index in [1.54, 1.807) is 12.2 Å². The van der Waals surface area contributed by atoms with Crippen LogP contribution in [0.3, 0.4) is 0 Å². The standard InChI is InChI=1S/C34H43NO8/c1-4-5-6-7-8-9-10-11-12-13-14-15-16-17-18-19-20-21-22-31(38)43-34(40)32(35)33(39)28-23-24-29(41-26(2)36)30(25-28)42-27(3)37/h5-6,8-9,11-12,14-15,17-18,20-21,23-25,32-33,39H,4,7,10,13,16,19,22,35H2,1-3H3. The fourth-order valence-electron chi connectivity index (χ4n) is 3.44. The van der Waals surface area contributed by atoms with Gasteiger partial charge in [0.15, 0.2) is 11.5 Å². The molecule has 3 N–H and O–H groups in total. The Morgan fingerprint density at radius 3 is 1.63 bits per heavy atom. The number of hydrogen-bond acceptors (Lipinski definition) is 9. The number of hydrogen-bond donors (Lipinski definition) is 2. The van der Waals surface area contributed by atoms with E-state index in [9.17, 15) is 24.3 Å². The molecule has 0 aliphatic rings. The molecule has 0 aliphatic heterocycles. The summed E-state index contributed by atoms with van der Waals surface area (Å²) in [5.41, 5.74) is 5.88. The summed E-state index contributed by atoms with van der Waals surface area (Å²) < 4.78 is 14.7. The highest BCUT2D eigenvalue weighted by Crippen LogP contribution is 2.32. The average Bonchev–Trinajstić information content (AvgIpc) is 2.96. The molecule has 0 aromatic heterocycles. The monoisotopic (exact) mass is 593 g/mol. The van der Waals surface area contributed by atoms with Gasteiger partial charge in [0.2, 0.25) is 0 Å². The van der Waals surface area contributed by atoms with Crippen LogP contribution < -0.4 is 15.2 Å². The number of nitrogens with two attached hydrogens (primary N) is 1. The van der Waals surface area contributed by atoms with Crippen molar-refractivity contribution in [2.45, 2.75) is 77.9 Å². The number of esters is 4. The summed E-state index contributed by atoms with van der Waals surface area (Å²) in [6.07, 6.45) is 28.0. The molecule has 232 valence electrons. The lowest BCUT2D eigenvalue weighted by molar-refractivity contribution is -0.161. The van der Waals surface area contributed by atoms with Crippen LogP contribution in [-0.4, -0.2) is 35.0 Å². The Balaban J connectivity index is 2.39. The number of aliphatic hydroxyl groups excluding tert-OH is 1. The second kappa shape index (κ2) is 22.3. The van der Waals surface area contributed by atoms with E-state index in [2.05, 4.69) is 55.5 Å². The molecule has 1 aromatic carbocycles. The number of allylic oxidation sites excluding steroid dienone is 11. The molecule has 9 heteroatoms. The van der Waals surface area contributed by atoms with Crippen LogP contribution in [0.4, 0.5) is 0 Å². The van der Waals surface area contributed by atoms with E-state index in [0.717, 1.165) is 39.0 Å². The van der Waals surface area contributed by atoms with Crippen molar-refractivity contribution in [3.05, 3.63) is 96.7 Å². The van der Waals surface area contributed by atoms with Crippen LogP contribution in [0, 0.1) is 0 Å². The van der Waals surface area contributed by atoms with E-state index < -0.39 is 36.0 Å². The Morgan fingerprint density at radius 2 is 1.16 bits per heavy atom. The average molecular weight is 594 g/mol. The first kappa shape index (κ1) is 36.7. The molecule has 2 atom stereocenters. The minimum Gasteiger partial charge on any atom is -0.423 e. The highest BCUT2D eigenvalue weighted by molar-refractivity contribution is 5.89. The maximum Gasteiger partial charge on any atom is 0.333 e. The Morgan fingerprint density at radius 1 is 0.721 bits per heavy atom. The zero-order chi connectivity index (χ0) is 31.9. The van der Waals surface area contributed by atoms with Gasteiger partial charge < -0.3 is 25.1 Å². The number of aliphatic hydroxyl groups is 1. The maximum atomic E-state index is 12.3. The van der Waals surface area contributed by atoms with Gasteiger partial charge in [0, 0.05) is 13.8 Å². The summed E-state index contributed by atoms with van der Waals surface area (Å²) in [4.78, 5) is 47.0. The topological polar surface area (TPSA) is 142 Å². The third kappa shape index (κ3) is 17.3. The van der Waals surface area contributed by atoms with E-state index >= 15 is 0 Å². The normalized spacial score (nSPS) is 13.5. The van der Waals surface area contributed by atoms with Gasteiger partial charge in [0.1, 0.15) is 12.1 Å². The van der Waals surface area contributed by atoms with Crippen LogP contribution in [0.25, 0.3) is 0 Å². The van der Waals surface area contributed by atoms with Crippen molar-refractivity contribution in [3.8, 4) is 11.5 Å². The summed E-state index contributed by atoms with van der Waals surface area (Å²) in [5.74, 6) is -3.48. The number of benzene rings is 1. The van der Waals surface area contributed by atoms with Crippen molar-refractivity contribution < 1.29 is 38.5 Å². The van der Waals surface area contributed by atoms with Crippen LogP contribution in [0.1, 0.15) is 77.4 Å². The molecular weight excluding hydrogens is 550 g/mol. The second-order valence-electron chi connectivity index (χ2n) is 9.28. The molecule has 43 heavy (non-hydrogen) atoms. The molecule has 0 amide bonds. The SMILES string of the molecule is CCC=CCC=CCC=CCC=CCC=CCC=CCC(=O)OC(=O)C(N)C(O)c1ccc(OC(C)=O)c(OC(C)=O)c1. The van der Waals surface area contributed by atoms with Crippen LogP contribution in [-0.2, 0) is 23.9 Å². The Hall–Kier alpha value is -4.34. The quantitative estimate of drug-likeness (QED) is 0.0899. The third-order valence-corrected chi connectivity index (χ3v) is 5.52. The van der Waals surface area contributed by atoms with Gasteiger partial charge in [-0.25, -0.2) is 4.79 Å². The molecule has 0 radical (unpaired) electrons. The van der Waals surface area contributed by atoms with Gasteiger partial charge in [-0.05, 0) is 56.2 Å². The van der Waals surface area contributed by atoms with Crippen molar-refractivity contribution in [3.63, 3.8) is 0 Å². The number of ether oxygens (including phenoxy) is 3. The van der Waals surface area contributed by atoms with E-state index in [0.29, 0.717) is 6.42 Å². The Kier molecular flexibility index (Phi) is 19.0. The maximum absolute atomic E-state index is 12.3. The predicted octanol–water partition coefficient (Wildman–Crippen LogP) is 6.06. The molecule has 9 nitrogen and oxygen atoms in total. The van der Waals surface area contributed by atoms with Gasteiger partial charge in [-0.2, -0.15) is 0 Å². The van der Waals surface area contributed by atoms with Gasteiger partial charge in [-0.1, -0.05) is 85.9 Å². The zero-order valence-corrected chi connectivity index (χ0v) is 25.1. The van der Waals surface area contributed by atoms with Crippen molar-refractivity contribution >= 4 is 23.9 Å². The first-order valence-corrected chi connectivity index (χ1v) is 14.2. The molecule has 0 fully saturated rings. The summed E-state index contributed by atoms with van der Waals surface area (Å²) >= 11 is 0. The lowest BCUT2D eigenvalue weighted by Gasteiger charge is -2.18. The van der Waals surface area contributed by atoms with Gasteiger partial charge in [0.05, 0.1) is 6.42 Å². The number of rotatable bonds is 18. The van der Waals surface area contributed by atoms with E-state index in [-0.39, 0.29) is 23.5 Å². The molecule has 0 saturated carbocycles. The van der Waals surface area contributed by atoms with E-state index in [1.165, 1.54) is 25.1 Å². The van der Waals surface area contributed by atoms with Crippen molar-refractivity contribution in [1.82, 2.24) is 0 Å². The minimum atomic E-state index is -1.60. The first-order chi connectivity index (χ1) is 20.6. The summed E-state index contributed by atoms with van der Waals surface area (Å²) in [7, 11) is 0. The van der Waals surface area contributed by atoms with Crippen LogP contribution in [0.15, 0.2) is 91.1 Å². The molecule has 0 saturated heterocycles. The minimum absolute atomic E-state index is 0.0543. The van der Waals surface area contributed by atoms with Crippen molar-refractivity contribution in [2.75, 3.05) is 0 Å². The smallest absolute Gasteiger partial charge is 0.333 e. The predicted molar refractivity (Wildman–Crippen MR) is 166 cm³/mol. The third-order valence-electron chi connectivity index (χ3n) is 5.52. The number of carbonyl (C=O) groups is 4. The van der Waals surface area contributed by atoms with Gasteiger partial charge in [0.25, 0.3) is 0 Å². The Labute approximate surface area is 254 Å². The summed E-state index contributed by atoms with van der Waals surface area (Å²) in [6.45, 7) is 4.44. The van der Waals surface area contributed by atoms with Crippen LogP contribution >= 0.6 is 0 Å². The van der Waals surface area contributed by atoms with Gasteiger partial charge in [-0.15, -0.1) is 0 Å². The highest BCUT2D eigenvalue weighted by atomic mass is 16.6. The van der Waals surface area contributed by atoms with Crippen molar-refractivity contribution in [2.24, 2.45) is 5.73 Å². The molecular formula is C34H43NO8. The number of carbonyl (C=O) groups excluding carboxylic acids is 4.